The van der Waals surface area contributed by atoms with Gasteiger partial charge in [0.25, 0.3) is 0 Å². The summed E-state index contributed by atoms with van der Waals surface area (Å²) in [6.45, 7) is 16.7. The van der Waals surface area contributed by atoms with E-state index >= 15 is 0 Å². The molecule has 1 atom stereocenters. The number of aromatic nitrogens is 5. The Bertz CT molecular complexity index is 1380. The summed E-state index contributed by atoms with van der Waals surface area (Å²) >= 11 is 0. The number of rotatable bonds is 10. The average Bonchev–Trinajstić information content (AvgIpc) is 3.44. The van der Waals surface area contributed by atoms with Gasteiger partial charge in [-0.05, 0) is 55.5 Å². The molecule has 4 heterocycles. The van der Waals surface area contributed by atoms with Crippen molar-refractivity contribution in [3.05, 3.63) is 41.3 Å². The lowest BCUT2D eigenvalue weighted by molar-refractivity contribution is -0.119. The number of carbonyl (C=O) groups excluding carboxylic acids is 1. The predicted molar refractivity (Wildman–Crippen MR) is 145 cm³/mol. The van der Waals surface area contributed by atoms with Crippen molar-refractivity contribution in [2.45, 2.75) is 60.4 Å². The van der Waals surface area contributed by atoms with Crippen LogP contribution in [0.3, 0.4) is 0 Å². The Balaban J connectivity index is 1.75. The Morgan fingerprint density at radius 2 is 1.94 bits per heavy atom. The van der Waals surface area contributed by atoms with Crippen LogP contribution in [0.1, 0.15) is 57.2 Å². The molecule has 0 aliphatic heterocycles. The van der Waals surface area contributed by atoms with Gasteiger partial charge in [0.1, 0.15) is 12.1 Å². The summed E-state index contributed by atoms with van der Waals surface area (Å²) in [6, 6.07) is 4.23. The normalized spacial score (nSPS) is 12.9. The Morgan fingerprint density at radius 1 is 1.19 bits per heavy atom. The highest BCUT2D eigenvalue weighted by Gasteiger charge is 2.23. The van der Waals surface area contributed by atoms with Crippen LogP contribution >= 0.6 is 0 Å². The quantitative estimate of drug-likeness (QED) is 0.306. The molecule has 0 aliphatic rings. The van der Waals surface area contributed by atoms with Crippen molar-refractivity contribution < 1.29 is 4.79 Å². The lowest BCUT2D eigenvalue weighted by Crippen LogP contribution is -2.43. The molecule has 9 heteroatoms. The number of fused-ring (bicyclic) bond motifs is 2. The summed E-state index contributed by atoms with van der Waals surface area (Å²) in [7, 11) is 0. The van der Waals surface area contributed by atoms with Gasteiger partial charge in [0, 0.05) is 29.9 Å². The van der Waals surface area contributed by atoms with Crippen molar-refractivity contribution in [3.63, 3.8) is 0 Å². The molecule has 0 saturated carbocycles. The minimum absolute atomic E-state index is 0.120. The SMILES string of the molecule is CCN(CC(N)=O)CC(Nc1ccc2[nH]c(-c3cn4ncnc4c(C)c3C)c(C(C)C)c2n1)C(C)C. The van der Waals surface area contributed by atoms with E-state index in [1.54, 1.807) is 6.33 Å². The van der Waals surface area contributed by atoms with Crippen molar-refractivity contribution >= 4 is 28.4 Å². The molecule has 1 amide bonds. The van der Waals surface area contributed by atoms with Gasteiger partial charge in [-0.15, -0.1) is 0 Å². The molecule has 192 valence electrons. The van der Waals surface area contributed by atoms with Crippen LogP contribution in [0, 0.1) is 19.8 Å². The van der Waals surface area contributed by atoms with E-state index in [1.807, 2.05) is 23.7 Å². The second-order valence-electron chi connectivity index (χ2n) is 10.3. The summed E-state index contributed by atoms with van der Waals surface area (Å²) in [5, 5.41) is 8.00. The van der Waals surface area contributed by atoms with Crippen LogP contribution in [-0.4, -0.2) is 61.0 Å². The van der Waals surface area contributed by atoms with Crippen molar-refractivity contribution in [3.8, 4) is 11.3 Å². The van der Waals surface area contributed by atoms with E-state index in [-0.39, 0.29) is 24.4 Å². The molecule has 4 rings (SSSR count). The fourth-order valence-corrected chi connectivity index (χ4v) is 4.81. The van der Waals surface area contributed by atoms with E-state index in [4.69, 9.17) is 10.7 Å². The van der Waals surface area contributed by atoms with E-state index in [9.17, 15) is 4.79 Å². The predicted octanol–water partition coefficient (Wildman–Crippen LogP) is 4.26. The van der Waals surface area contributed by atoms with E-state index in [0.717, 1.165) is 45.9 Å². The first-order valence-corrected chi connectivity index (χ1v) is 12.7. The number of likely N-dealkylation sites (N-methyl/N-ethyl adjacent to an activating group) is 1. The molecule has 4 aromatic heterocycles. The van der Waals surface area contributed by atoms with Gasteiger partial charge in [0.15, 0.2) is 5.65 Å². The number of aryl methyl sites for hydroxylation is 1. The standard InChI is InChI=1S/C27H38N8O/c1-8-34(13-22(28)36)12-21(15(2)3)31-23-10-9-20-26(33-23)24(16(4)5)25(32-20)19-11-35-27(29-14-30-35)18(7)17(19)6/h9-11,14-16,21,32H,8,12-13H2,1-7H3,(H2,28,36)(H,31,33). The van der Waals surface area contributed by atoms with Crippen LogP contribution in [0.25, 0.3) is 27.9 Å². The molecule has 0 saturated heterocycles. The monoisotopic (exact) mass is 490 g/mol. The smallest absolute Gasteiger partial charge is 0.231 e. The lowest BCUT2D eigenvalue weighted by atomic mass is 9.95. The first kappa shape index (κ1) is 25.6. The highest BCUT2D eigenvalue weighted by molar-refractivity contribution is 5.90. The summed E-state index contributed by atoms with van der Waals surface area (Å²) in [6.07, 6.45) is 3.64. The molecule has 0 radical (unpaired) electrons. The summed E-state index contributed by atoms with van der Waals surface area (Å²) in [4.78, 5) is 26.7. The molecule has 0 bridgehead atoms. The number of carbonyl (C=O) groups is 1. The third-order valence-electron chi connectivity index (χ3n) is 7.07. The molecular weight excluding hydrogens is 452 g/mol. The number of anilines is 1. The number of pyridine rings is 2. The molecule has 9 nitrogen and oxygen atoms in total. The second-order valence-corrected chi connectivity index (χ2v) is 10.3. The Hall–Kier alpha value is -3.46. The fraction of sp³-hybridized carbons (Fsp3) is 0.481. The molecule has 0 aromatic carbocycles. The van der Waals surface area contributed by atoms with Gasteiger partial charge in [-0.2, -0.15) is 5.10 Å². The van der Waals surface area contributed by atoms with E-state index in [1.165, 1.54) is 11.1 Å². The molecular formula is C27H38N8O. The highest BCUT2D eigenvalue weighted by atomic mass is 16.1. The van der Waals surface area contributed by atoms with Crippen LogP contribution in [0.5, 0.6) is 0 Å². The van der Waals surface area contributed by atoms with Crippen LogP contribution in [0.15, 0.2) is 24.7 Å². The number of hydrogen-bond donors (Lipinski definition) is 3. The van der Waals surface area contributed by atoms with Crippen molar-refractivity contribution in [2.75, 3.05) is 25.0 Å². The largest absolute Gasteiger partial charge is 0.369 e. The van der Waals surface area contributed by atoms with Crippen molar-refractivity contribution in [2.24, 2.45) is 11.7 Å². The number of amides is 1. The number of nitrogens with two attached hydrogens (primary N) is 1. The zero-order valence-electron chi connectivity index (χ0n) is 22.4. The molecule has 36 heavy (non-hydrogen) atoms. The van der Waals surface area contributed by atoms with Crippen LogP contribution in [-0.2, 0) is 4.79 Å². The molecule has 1 unspecified atom stereocenters. The van der Waals surface area contributed by atoms with E-state index in [0.29, 0.717) is 12.5 Å². The van der Waals surface area contributed by atoms with Crippen molar-refractivity contribution in [1.82, 2.24) is 29.5 Å². The second kappa shape index (κ2) is 10.3. The van der Waals surface area contributed by atoms with Gasteiger partial charge in [-0.25, -0.2) is 14.5 Å². The number of H-pyrrole nitrogens is 1. The van der Waals surface area contributed by atoms with Crippen LogP contribution in [0.4, 0.5) is 5.82 Å². The first-order valence-electron chi connectivity index (χ1n) is 12.7. The maximum absolute atomic E-state index is 11.5. The van der Waals surface area contributed by atoms with Gasteiger partial charge >= 0.3 is 0 Å². The minimum Gasteiger partial charge on any atom is -0.369 e. The Morgan fingerprint density at radius 3 is 2.58 bits per heavy atom. The fourth-order valence-electron chi connectivity index (χ4n) is 4.81. The van der Waals surface area contributed by atoms with Gasteiger partial charge < -0.3 is 16.0 Å². The molecule has 0 aliphatic carbocycles. The van der Waals surface area contributed by atoms with Gasteiger partial charge in [-0.1, -0.05) is 34.6 Å². The summed E-state index contributed by atoms with van der Waals surface area (Å²) in [5.74, 6) is 1.11. The van der Waals surface area contributed by atoms with E-state index < -0.39 is 0 Å². The van der Waals surface area contributed by atoms with Gasteiger partial charge in [-0.3, -0.25) is 9.69 Å². The summed E-state index contributed by atoms with van der Waals surface area (Å²) in [5.41, 5.74) is 13.9. The third-order valence-corrected chi connectivity index (χ3v) is 7.07. The molecule has 4 aromatic rings. The summed E-state index contributed by atoms with van der Waals surface area (Å²) < 4.78 is 1.84. The highest BCUT2D eigenvalue weighted by Crippen LogP contribution is 2.37. The first-order chi connectivity index (χ1) is 17.1. The zero-order valence-corrected chi connectivity index (χ0v) is 22.4. The number of hydrogen-bond acceptors (Lipinski definition) is 6. The number of primary amides is 1. The maximum atomic E-state index is 11.5. The van der Waals surface area contributed by atoms with Crippen LogP contribution < -0.4 is 11.1 Å². The Labute approximate surface area is 212 Å². The van der Waals surface area contributed by atoms with Gasteiger partial charge in [0.05, 0.1) is 23.3 Å². The average molecular weight is 491 g/mol. The lowest BCUT2D eigenvalue weighted by Gasteiger charge is -2.29. The van der Waals surface area contributed by atoms with Crippen molar-refractivity contribution in [1.29, 1.82) is 0 Å². The molecule has 0 spiro atoms. The number of nitrogens with zero attached hydrogens (tertiary/aromatic N) is 5. The maximum Gasteiger partial charge on any atom is 0.231 e. The van der Waals surface area contributed by atoms with Crippen LogP contribution in [0.2, 0.25) is 0 Å². The Kier molecular flexibility index (Phi) is 7.31. The third kappa shape index (κ3) is 4.93. The van der Waals surface area contributed by atoms with E-state index in [2.05, 4.69) is 72.9 Å². The molecule has 4 N–H and O–H groups in total. The minimum atomic E-state index is -0.310. The zero-order chi connectivity index (χ0) is 26.1. The van der Waals surface area contributed by atoms with Gasteiger partial charge in [0.2, 0.25) is 5.91 Å². The molecule has 0 fully saturated rings. The topological polar surface area (TPSA) is 117 Å². The number of nitrogens with one attached hydrogen (secondary N) is 2. The number of aromatic amines is 1.